The van der Waals surface area contributed by atoms with Crippen molar-refractivity contribution in [1.82, 2.24) is 15.1 Å². The fourth-order valence-corrected chi connectivity index (χ4v) is 1.74. The maximum atomic E-state index is 4.06. The molecular formula is C8H15N3S. The van der Waals surface area contributed by atoms with Crippen molar-refractivity contribution in [2.24, 2.45) is 0 Å². The highest BCUT2D eigenvalue weighted by Gasteiger charge is 1.99. The van der Waals surface area contributed by atoms with Crippen LogP contribution in [0.1, 0.15) is 16.4 Å². The summed E-state index contributed by atoms with van der Waals surface area (Å²) in [6, 6.07) is 0. The summed E-state index contributed by atoms with van der Waals surface area (Å²) in [6.45, 7) is 3.12. The van der Waals surface area contributed by atoms with Gasteiger partial charge in [0.2, 0.25) is 0 Å². The van der Waals surface area contributed by atoms with Crippen molar-refractivity contribution in [3.05, 3.63) is 10.0 Å². The SMILES string of the molecule is Cc1nnc(CCCN(C)C)s1. The van der Waals surface area contributed by atoms with Gasteiger partial charge >= 0.3 is 0 Å². The maximum absolute atomic E-state index is 4.06. The molecule has 0 aliphatic carbocycles. The molecular weight excluding hydrogens is 170 g/mol. The van der Waals surface area contributed by atoms with E-state index in [2.05, 4.69) is 29.2 Å². The monoisotopic (exact) mass is 185 g/mol. The van der Waals surface area contributed by atoms with E-state index in [1.165, 1.54) is 6.42 Å². The second-order valence-corrected chi connectivity index (χ2v) is 4.39. The van der Waals surface area contributed by atoms with Crippen molar-refractivity contribution in [1.29, 1.82) is 0 Å². The van der Waals surface area contributed by atoms with E-state index in [4.69, 9.17) is 0 Å². The lowest BCUT2D eigenvalue weighted by atomic mass is 10.3. The first-order valence-electron chi connectivity index (χ1n) is 4.12. The lowest BCUT2D eigenvalue weighted by molar-refractivity contribution is 0.400. The highest BCUT2D eigenvalue weighted by atomic mass is 32.1. The molecule has 0 atom stereocenters. The fourth-order valence-electron chi connectivity index (χ4n) is 0.985. The van der Waals surface area contributed by atoms with E-state index >= 15 is 0 Å². The third-order valence-corrected chi connectivity index (χ3v) is 2.46. The van der Waals surface area contributed by atoms with Gasteiger partial charge in [0, 0.05) is 6.42 Å². The van der Waals surface area contributed by atoms with Gasteiger partial charge in [-0.05, 0) is 34.0 Å². The molecule has 0 fully saturated rings. The number of nitrogens with zero attached hydrogens (tertiary/aromatic N) is 3. The number of hydrogen-bond acceptors (Lipinski definition) is 4. The Bertz CT molecular complexity index is 232. The van der Waals surface area contributed by atoms with E-state index in [0.29, 0.717) is 0 Å². The Labute approximate surface area is 77.4 Å². The zero-order valence-corrected chi connectivity index (χ0v) is 8.69. The van der Waals surface area contributed by atoms with Gasteiger partial charge in [0.05, 0.1) is 0 Å². The largest absolute Gasteiger partial charge is 0.309 e. The molecule has 1 rings (SSSR count). The Balaban J connectivity index is 2.24. The molecule has 0 saturated heterocycles. The third kappa shape index (κ3) is 3.28. The molecule has 0 N–H and O–H groups in total. The molecule has 68 valence electrons. The molecule has 0 aromatic carbocycles. The van der Waals surface area contributed by atoms with Gasteiger partial charge in [-0.25, -0.2) is 0 Å². The summed E-state index contributed by atoms with van der Waals surface area (Å²) >= 11 is 1.70. The van der Waals surface area contributed by atoms with Gasteiger partial charge in [-0.2, -0.15) is 0 Å². The molecule has 1 aromatic rings. The third-order valence-electron chi connectivity index (χ3n) is 1.56. The maximum Gasteiger partial charge on any atom is 0.117 e. The summed E-state index contributed by atoms with van der Waals surface area (Å²) in [5, 5.41) is 10.3. The van der Waals surface area contributed by atoms with Crippen molar-refractivity contribution >= 4 is 11.3 Å². The highest BCUT2D eigenvalue weighted by Crippen LogP contribution is 2.09. The summed E-state index contributed by atoms with van der Waals surface area (Å²) in [5.74, 6) is 0. The summed E-state index contributed by atoms with van der Waals surface area (Å²) in [5.41, 5.74) is 0. The minimum absolute atomic E-state index is 1.06. The Morgan fingerprint density at radius 2 is 2.08 bits per heavy atom. The lowest BCUT2D eigenvalue weighted by Gasteiger charge is -2.06. The molecule has 3 nitrogen and oxygen atoms in total. The van der Waals surface area contributed by atoms with E-state index in [1.54, 1.807) is 11.3 Å². The summed E-state index contributed by atoms with van der Waals surface area (Å²) < 4.78 is 0. The smallest absolute Gasteiger partial charge is 0.117 e. The Morgan fingerprint density at radius 3 is 2.58 bits per heavy atom. The molecule has 0 unspecified atom stereocenters. The first-order valence-corrected chi connectivity index (χ1v) is 4.94. The first-order chi connectivity index (χ1) is 5.68. The van der Waals surface area contributed by atoms with Crippen LogP contribution in [-0.2, 0) is 6.42 Å². The molecule has 0 radical (unpaired) electrons. The van der Waals surface area contributed by atoms with Crippen molar-refractivity contribution in [2.75, 3.05) is 20.6 Å². The van der Waals surface area contributed by atoms with Gasteiger partial charge in [0.1, 0.15) is 10.0 Å². The second-order valence-electron chi connectivity index (χ2n) is 3.12. The van der Waals surface area contributed by atoms with Crippen molar-refractivity contribution in [2.45, 2.75) is 19.8 Å². The van der Waals surface area contributed by atoms with Crippen molar-refractivity contribution in [3.8, 4) is 0 Å². The van der Waals surface area contributed by atoms with Crippen LogP contribution < -0.4 is 0 Å². The fraction of sp³-hybridized carbons (Fsp3) is 0.750. The number of rotatable bonds is 4. The molecule has 0 aliphatic heterocycles. The van der Waals surface area contributed by atoms with E-state index in [9.17, 15) is 0 Å². The molecule has 1 aromatic heterocycles. The van der Waals surface area contributed by atoms with Crippen LogP contribution in [0.25, 0.3) is 0 Å². The van der Waals surface area contributed by atoms with Crippen LogP contribution in [-0.4, -0.2) is 35.7 Å². The minimum atomic E-state index is 1.06. The van der Waals surface area contributed by atoms with Gasteiger partial charge in [-0.15, -0.1) is 21.5 Å². The predicted octanol–water partition coefficient (Wildman–Crippen LogP) is 1.34. The van der Waals surface area contributed by atoms with Crippen LogP contribution >= 0.6 is 11.3 Å². The van der Waals surface area contributed by atoms with Crippen LogP contribution in [0.5, 0.6) is 0 Å². The molecule has 0 aliphatic rings. The second kappa shape index (κ2) is 4.52. The van der Waals surface area contributed by atoms with Crippen LogP contribution in [0, 0.1) is 6.92 Å². The van der Waals surface area contributed by atoms with Gasteiger partial charge in [0.25, 0.3) is 0 Å². The van der Waals surface area contributed by atoms with Gasteiger partial charge in [-0.3, -0.25) is 0 Å². The zero-order chi connectivity index (χ0) is 8.97. The average Bonchev–Trinajstić information content (AvgIpc) is 2.35. The van der Waals surface area contributed by atoms with Gasteiger partial charge in [-0.1, -0.05) is 0 Å². The quantitative estimate of drug-likeness (QED) is 0.709. The van der Waals surface area contributed by atoms with Crippen LogP contribution in [0.3, 0.4) is 0 Å². The predicted molar refractivity (Wildman–Crippen MR) is 51.5 cm³/mol. The molecule has 4 heteroatoms. The minimum Gasteiger partial charge on any atom is -0.309 e. The topological polar surface area (TPSA) is 29.0 Å². The van der Waals surface area contributed by atoms with Crippen molar-refractivity contribution in [3.63, 3.8) is 0 Å². The average molecular weight is 185 g/mol. The first kappa shape index (κ1) is 9.61. The Hall–Kier alpha value is -0.480. The molecule has 0 amide bonds. The molecule has 0 saturated carbocycles. The Kier molecular flexibility index (Phi) is 3.62. The highest BCUT2D eigenvalue weighted by molar-refractivity contribution is 7.11. The molecule has 12 heavy (non-hydrogen) atoms. The summed E-state index contributed by atoms with van der Waals surface area (Å²) in [6.07, 6.45) is 2.23. The van der Waals surface area contributed by atoms with Crippen LogP contribution in [0.15, 0.2) is 0 Å². The normalized spacial score (nSPS) is 11.0. The van der Waals surface area contributed by atoms with Crippen LogP contribution in [0.4, 0.5) is 0 Å². The summed E-state index contributed by atoms with van der Waals surface area (Å²) in [4.78, 5) is 2.19. The number of aryl methyl sites for hydroxylation is 2. The van der Waals surface area contributed by atoms with E-state index in [-0.39, 0.29) is 0 Å². The molecule has 1 heterocycles. The number of aromatic nitrogens is 2. The standard InChI is InChI=1S/C8H15N3S/c1-7-9-10-8(12-7)5-4-6-11(2)3/h4-6H2,1-3H3. The lowest BCUT2D eigenvalue weighted by Crippen LogP contribution is -2.13. The molecule has 0 spiro atoms. The Morgan fingerprint density at radius 1 is 1.33 bits per heavy atom. The van der Waals surface area contributed by atoms with Crippen LogP contribution in [0.2, 0.25) is 0 Å². The zero-order valence-electron chi connectivity index (χ0n) is 7.87. The van der Waals surface area contributed by atoms with E-state index in [0.717, 1.165) is 23.0 Å². The molecule has 0 bridgehead atoms. The van der Waals surface area contributed by atoms with Gasteiger partial charge in [0.15, 0.2) is 0 Å². The van der Waals surface area contributed by atoms with E-state index < -0.39 is 0 Å². The van der Waals surface area contributed by atoms with Gasteiger partial charge < -0.3 is 4.90 Å². The van der Waals surface area contributed by atoms with E-state index in [1.807, 2.05) is 6.92 Å². The summed E-state index contributed by atoms with van der Waals surface area (Å²) in [7, 11) is 4.18. The van der Waals surface area contributed by atoms with Crippen molar-refractivity contribution < 1.29 is 0 Å². The number of hydrogen-bond donors (Lipinski definition) is 0.